The molecule has 2 N–H and O–H groups in total. The third-order valence-corrected chi connectivity index (χ3v) is 7.03. The number of amides is 2. The summed E-state index contributed by atoms with van der Waals surface area (Å²) >= 11 is 0. The summed E-state index contributed by atoms with van der Waals surface area (Å²) in [6, 6.07) is 15.9. The molecule has 0 saturated heterocycles. The van der Waals surface area contributed by atoms with Gasteiger partial charge in [0.1, 0.15) is 6.61 Å². The van der Waals surface area contributed by atoms with E-state index in [9.17, 15) is 14.4 Å². The number of carbonyl (C=O) groups excluding carboxylic acids is 2. The number of alkyl carbamates (subject to hydrolysis) is 1. The molecule has 2 aromatic carbocycles. The summed E-state index contributed by atoms with van der Waals surface area (Å²) in [5.41, 5.74) is 4.95. The number of rotatable bonds is 7. The average molecular weight is 477 g/mol. The number of nitrogens with one attached hydrogen (secondary N) is 1. The van der Waals surface area contributed by atoms with Crippen LogP contribution in [-0.4, -0.2) is 53.7 Å². The predicted octanol–water partition coefficient (Wildman–Crippen LogP) is 4.43. The molecule has 4 rings (SSSR count). The van der Waals surface area contributed by atoms with Gasteiger partial charge in [0, 0.05) is 30.6 Å². The highest BCUT2D eigenvalue weighted by Gasteiger charge is 2.34. The highest BCUT2D eigenvalue weighted by molar-refractivity contribution is 5.88. The smallest absolute Gasteiger partial charge is 0.407 e. The van der Waals surface area contributed by atoms with Crippen LogP contribution in [0.5, 0.6) is 0 Å². The highest BCUT2D eigenvalue weighted by Crippen LogP contribution is 2.44. The molecule has 7 heteroatoms. The number of carboxylic acid groups (broad SMARTS) is 1. The first kappa shape index (κ1) is 24.5. The number of benzene rings is 2. The van der Waals surface area contributed by atoms with Crippen molar-refractivity contribution in [2.45, 2.75) is 39.2 Å². The third kappa shape index (κ3) is 5.09. The zero-order valence-corrected chi connectivity index (χ0v) is 20.4. The minimum Gasteiger partial charge on any atom is -0.478 e. The van der Waals surface area contributed by atoms with E-state index in [2.05, 4.69) is 29.6 Å². The van der Waals surface area contributed by atoms with Crippen LogP contribution < -0.4 is 5.32 Å². The Morgan fingerprint density at radius 2 is 1.63 bits per heavy atom. The third-order valence-electron chi connectivity index (χ3n) is 7.03. The van der Waals surface area contributed by atoms with Crippen LogP contribution in [0.4, 0.5) is 4.79 Å². The highest BCUT2D eigenvalue weighted by atomic mass is 16.5. The first-order chi connectivity index (χ1) is 16.8. The molecule has 7 nitrogen and oxygen atoms in total. The van der Waals surface area contributed by atoms with Gasteiger partial charge in [-0.05, 0) is 41.5 Å². The van der Waals surface area contributed by atoms with Crippen LogP contribution in [0.2, 0.25) is 0 Å². The molecule has 184 valence electrons. The van der Waals surface area contributed by atoms with Crippen molar-refractivity contribution in [2.75, 3.05) is 19.7 Å². The Kier molecular flexibility index (Phi) is 7.24. The van der Waals surface area contributed by atoms with Gasteiger partial charge in [-0.25, -0.2) is 9.59 Å². The van der Waals surface area contributed by atoms with E-state index in [1.54, 1.807) is 11.0 Å². The van der Waals surface area contributed by atoms with Gasteiger partial charge in [0.2, 0.25) is 5.91 Å². The second-order valence-corrected chi connectivity index (χ2v) is 9.60. The number of carbonyl (C=O) groups is 3. The molecule has 1 aliphatic carbocycles. The Morgan fingerprint density at radius 3 is 2.14 bits per heavy atom. The van der Waals surface area contributed by atoms with Crippen LogP contribution in [0.15, 0.2) is 60.2 Å². The molecular weight excluding hydrogens is 444 g/mol. The Hall–Kier alpha value is -3.61. The van der Waals surface area contributed by atoms with Crippen LogP contribution in [-0.2, 0) is 14.3 Å². The number of hydrogen-bond acceptors (Lipinski definition) is 4. The normalized spacial score (nSPS) is 16.7. The molecule has 1 aliphatic heterocycles. The summed E-state index contributed by atoms with van der Waals surface area (Å²) in [4.78, 5) is 38.8. The fraction of sp³-hybridized carbons (Fsp3) is 0.393. The van der Waals surface area contributed by atoms with Gasteiger partial charge in [-0.1, -0.05) is 68.5 Å². The summed E-state index contributed by atoms with van der Waals surface area (Å²) in [6.45, 7) is 6.54. The van der Waals surface area contributed by atoms with Crippen molar-refractivity contribution in [3.63, 3.8) is 0 Å². The summed E-state index contributed by atoms with van der Waals surface area (Å²) in [6.07, 6.45) is 1.36. The van der Waals surface area contributed by atoms with Crippen molar-refractivity contribution in [1.82, 2.24) is 10.2 Å². The lowest BCUT2D eigenvalue weighted by molar-refractivity contribution is -0.139. The molecule has 1 heterocycles. The van der Waals surface area contributed by atoms with Gasteiger partial charge in [0.05, 0.1) is 5.92 Å². The van der Waals surface area contributed by atoms with Crippen molar-refractivity contribution in [2.24, 2.45) is 11.8 Å². The molecule has 0 spiro atoms. The maximum absolute atomic E-state index is 13.2. The zero-order valence-electron chi connectivity index (χ0n) is 20.4. The maximum Gasteiger partial charge on any atom is 0.407 e. The average Bonchev–Trinajstić information content (AvgIpc) is 3.16. The van der Waals surface area contributed by atoms with Gasteiger partial charge in [0.15, 0.2) is 0 Å². The van der Waals surface area contributed by atoms with Crippen LogP contribution >= 0.6 is 0 Å². The van der Waals surface area contributed by atoms with Gasteiger partial charge in [0.25, 0.3) is 0 Å². The largest absolute Gasteiger partial charge is 0.478 e. The van der Waals surface area contributed by atoms with E-state index in [1.165, 1.54) is 0 Å². The Labute approximate surface area is 205 Å². The lowest BCUT2D eigenvalue weighted by atomic mass is 9.87. The molecule has 2 unspecified atom stereocenters. The Bertz CT molecular complexity index is 1110. The number of ether oxygens (including phenoxy) is 1. The van der Waals surface area contributed by atoms with Crippen molar-refractivity contribution in [3.05, 3.63) is 71.3 Å². The van der Waals surface area contributed by atoms with E-state index in [0.29, 0.717) is 18.5 Å². The summed E-state index contributed by atoms with van der Waals surface area (Å²) in [5.74, 6) is -1.53. The van der Waals surface area contributed by atoms with Crippen LogP contribution in [0.3, 0.4) is 0 Å². The number of hydrogen-bond donors (Lipinski definition) is 2. The Balaban J connectivity index is 1.38. The fourth-order valence-corrected chi connectivity index (χ4v) is 5.27. The van der Waals surface area contributed by atoms with E-state index in [4.69, 9.17) is 9.84 Å². The standard InChI is InChI=1S/C28H32N2O5/c1-17(2)25(26(31)30-14-12-19(13-15-30)27(32)33)18(3)29-28(34)35-16-24-22-10-6-4-8-20(22)21-9-5-7-11-23(21)24/h4-12,17-18,24-25H,13-16H2,1-3H3,(H,29,34)(H,32,33). The van der Waals surface area contributed by atoms with Crippen molar-refractivity contribution in [1.29, 1.82) is 0 Å². The lowest BCUT2D eigenvalue weighted by Gasteiger charge is -2.34. The second-order valence-electron chi connectivity index (χ2n) is 9.60. The molecule has 0 saturated carbocycles. The zero-order chi connectivity index (χ0) is 25.1. The van der Waals surface area contributed by atoms with E-state index in [-0.39, 0.29) is 30.9 Å². The van der Waals surface area contributed by atoms with Gasteiger partial charge < -0.3 is 20.1 Å². The summed E-state index contributed by atoms with van der Waals surface area (Å²) in [5, 5.41) is 12.0. The maximum atomic E-state index is 13.2. The molecule has 0 bridgehead atoms. The molecule has 2 amide bonds. The molecule has 2 atom stereocenters. The second kappa shape index (κ2) is 10.3. The van der Waals surface area contributed by atoms with Gasteiger partial charge >= 0.3 is 12.1 Å². The van der Waals surface area contributed by atoms with E-state index >= 15 is 0 Å². The van der Waals surface area contributed by atoms with Crippen LogP contribution in [0.1, 0.15) is 44.2 Å². The number of nitrogens with zero attached hydrogens (tertiary/aromatic N) is 1. The minimum atomic E-state index is -0.942. The van der Waals surface area contributed by atoms with E-state index in [1.807, 2.05) is 45.0 Å². The van der Waals surface area contributed by atoms with Crippen molar-refractivity contribution in [3.8, 4) is 11.1 Å². The van der Waals surface area contributed by atoms with E-state index < -0.39 is 24.0 Å². The first-order valence-corrected chi connectivity index (χ1v) is 12.1. The fourth-order valence-electron chi connectivity index (χ4n) is 5.27. The van der Waals surface area contributed by atoms with Gasteiger partial charge in [-0.15, -0.1) is 0 Å². The molecular formula is C28H32N2O5. The first-order valence-electron chi connectivity index (χ1n) is 12.1. The molecule has 2 aliphatic rings. The van der Waals surface area contributed by atoms with Gasteiger partial charge in [-0.3, -0.25) is 4.79 Å². The van der Waals surface area contributed by atoms with E-state index in [0.717, 1.165) is 22.3 Å². The monoisotopic (exact) mass is 476 g/mol. The predicted molar refractivity (Wildman–Crippen MR) is 133 cm³/mol. The SMILES string of the molecule is CC(C)C(C(=O)N1CC=C(C(=O)O)CC1)C(C)NC(=O)OCC1c2ccccc2-c2ccccc21. The quantitative estimate of drug-likeness (QED) is 0.616. The Morgan fingerprint density at radius 1 is 1.03 bits per heavy atom. The van der Waals surface area contributed by atoms with Crippen molar-refractivity contribution < 1.29 is 24.2 Å². The number of carboxylic acids is 1. The summed E-state index contributed by atoms with van der Waals surface area (Å²) in [7, 11) is 0. The van der Waals surface area contributed by atoms with Gasteiger partial charge in [-0.2, -0.15) is 0 Å². The molecule has 0 radical (unpaired) electrons. The molecule has 2 aromatic rings. The number of fused-ring (bicyclic) bond motifs is 3. The molecule has 0 aromatic heterocycles. The minimum absolute atomic E-state index is 0.0174. The molecule has 0 fully saturated rings. The van der Waals surface area contributed by atoms with Crippen molar-refractivity contribution >= 4 is 18.0 Å². The number of aliphatic carboxylic acids is 1. The lowest BCUT2D eigenvalue weighted by Crippen LogP contribution is -2.50. The van der Waals surface area contributed by atoms with Crippen LogP contribution in [0.25, 0.3) is 11.1 Å². The molecule has 35 heavy (non-hydrogen) atoms. The van der Waals surface area contributed by atoms with Crippen LogP contribution in [0, 0.1) is 11.8 Å². The summed E-state index contributed by atoms with van der Waals surface area (Å²) < 4.78 is 5.66. The topological polar surface area (TPSA) is 95.9 Å².